The maximum atomic E-state index is 14.4. The van der Waals surface area contributed by atoms with Crippen LogP contribution in [0.2, 0.25) is 0 Å². The summed E-state index contributed by atoms with van der Waals surface area (Å²) < 4.78 is 11.9. The van der Waals surface area contributed by atoms with Gasteiger partial charge in [0.2, 0.25) is 0 Å². The molecular formula is C48H64O4. The van der Waals surface area contributed by atoms with Crippen molar-refractivity contribution >= 4 is 17.5 Å². The molecule has 4 heteroatoms. The second-order valence-corrected chi connectivity index (χ2v) is 20.0. The highest BCUT2D eigenvalue weighted by Gasteiger charge is 2.71. The van der Waals surface area contributed by atoms with Crippen LogP contribution >= 0.6 is 0 Å². The molecule has 0 heterocycles. The van der Waals surface area contributed by atoms with Gasteiger partial charge in [-0.2, -0.15) is 0 Å². The number of hydrogen-bond acceptors (Lipinski definition) is 4. The summed E-state index contributed by atoms with van der Waals surface area (Å²) in [4.78, 5) is 27.1. The third kappa shape index (κ3) is 5.67. The fourth-order valence-corrected chi connectivity index (χ4v) is 13.6. The molecule has 0 bridgehead atoms. The quantitative estimate of drug-likeness (QED) is 0.222. The maximum absolute atomic E-state index is 14.4. The molecule has 52 heavy (non-hydrogen) atoms. The summed E-state index contributed by atoms with van der Waals surface area (Å²) in [6.45, 7) is 25.7. The zero-order chi connectivity index (χ0) is 37.5. The third-order valence-corrected chi connectivity index (χ3v) is 16.1. The highest BCUT2D eigenvalue weighted by atomic mass is 16.6. The van der Waals surface area contributed by atoms with Crippen LogP contribution in [0.1, 0.15) is 142 Å². The Labute approximate surface area is 314 Å². The first-order valence-electron chi connectivity index (χ1n) is 20.3. The fraction of sp³-hybridized carbons (Fsp3) is 0.625. The van der Waals surface area contributed by atoms with Crippen molar-refractivity contribution in [2.75, 3.05) is 0 Å². The van der Waals surface area contributed by atoms with Gasteiger partial charge in [0.1, 0.15) is 12.2 Å². The summed E-state index contributed by atoms with van der Waals surface area (Å²) in [5.41, 5.74) is 5.17. The Morgan fingerprint density at radius 1 is 0.808 bits per heavy atom. The molecule has 0 N–H and O–H groups in total. The van der Waals surface area contributed by atoms with Crippen molar-refractivity contribution in [2.24, 2.45) is 56.7 Å². The van der Waals surface area contributed by atoms with E-state index in [0.717, 1.165) is 37.7 Å². The molecule has 0 amide bonds. The van der Waals surface area contributed by atoms with E-state index < -0.39 is 11.0 Å². The monoisotopic (exact) mass is 704 g/mol. The number of carbonyl (C=O) groups excluding carboxylic acids is 2. The Balaban J connectivity index is 1.17. The standard InChI is InChI=1S/C48H64O4/c1-31(2)35-22-27-48(42(50)51-30-32-14-12-11-13-15-32)29-28-46(9)37(40(35)48)20-21-39-45(8)25-23-36(44(6,7)38(45)24-26-47(39,46)10)33-16-18-34(19-17-33)41(49)52-43(3,4)5/h11-19,23,35,37-40H,1,20-22,24-30H2,2-10H3/t35-,37+,38-,39+,40+,45-,46+,47+,48-/m0/s1. The normalized spacial score (nSPS) is 37.7. The highest BCUT2D eigenvalue weighted by Crippen LogP contribution is 2.77. The molecule has 0 saturated heterocycles. The van der Waals surface area contributed by atoms with E-state index in [4.69, 9.17) is 9.47 Å². The predicted octanol–water partition coefficient (Wildman–Crippen LogP) is 12.0. The zero-order valence-corrected chi connectivity index (χ0v) is 33.6. The average Bonchev–Trinajstić information content (AvgIpc) is 3.48. The van der Waals surface area contributed by atoms with E-state index in [1.165, 1.54) is 42.4 Å². The molecule has 9 atom stereocenters. The Kier molecular flexibility index (Phi) is 9.10. The number of hydrogen-bond donors (Lipinski definition) is 0. The van der Waals surface area contributed by atoms with Crippen LogP contribution in [0.5, 0.6) is 0 Å². The second kappa shape index (κ2) is 12.7. The number of ether oxygens (including phenoxy) is 2. The van der Waals surface area contributed by atoms with Gasteiger partial charge in [-0.25, -0.2) is 4.79 Å². The second-order valence-electron chi connectivity index (χ2n) is 20.0. The van der Waals surface area contributed by atoms with E-state index in [9.17, 15) is 9.59 Å². The van der Waals surface area contributed by atoms with Gasteiger partial charge in [-0.3, -0.25) is 4.79 Å². The molecule has 0 spiro atoms. The Morgan fingerprint density at radius 3 is 2.15 bits per heavy atom. The summed E-state index contributed by atoms with van der Waals surface area (Å²) in [7, 11) is 0. The van der Waals surface area contributed by atoms with Crippen LogP contribution in [0.3, 0.4) is 0 Å². The minimum Gasteiger partial charge on any atom is -0.460 e. The smallest absolute Gasteiger partial charge is 0.338 e. The summed E-state index contributed by atoms with van der Waals surface area (Å²) >= 11 is 0. The number of fused-ring (bicyclic) bond motifs is 7. The van der Waals surface area contributed by atoms with Gasteiger partial charge in [-0.1, -0.05) is 95.3 Å². The van der Waals surface area contributed by atoms with Gasteiger partial charge in [-0.15, -0.1) is 0 Å². The van der Waals surface area contributed by atoms with Crippen molar-refractivity contribution in [3.63, 3.8) is 0 Å². The van der Waals surface area contributed by atoms with Crippen LogP contribution in [0, 0.1) is 56.7 Å². The summed E-state index contributed by atoms with van der Waals surface area (Å²) in [6, 6.07) is 18.3. The zero-order valence-electron chi connectivity index (χ0n) is 33.6. The van der Waals surface area contributed by atoms with Crippen LogP contribution in [-0.2, 0) is 20.9 Å². The van der Waals surface area contributed by atoms with Crippen molar-refractivity contribution in [2.45, 2.75) is 132 Å². The van der Waals surface area contributed by atoms with Crippen LogP contribution in [0.4, 0.5) is 0 Å². The first-order chi connectivity index (χ1) is 24.4. The lowest BCUT2D eigenvalue weighted by Crippen LogP contribution is -2.66. The van der Waals surface area contributed by atoms with E-state index in [2.05, 4.69) is 78.5 Å². The van der Waals surface area contributed by atoms with Gasteiger partial charge < -0.3 is 9.47 Å². The lowest BCUT2D eigenvalue weighted by atomic mass is 9.32. The number of esters is 2. The molecule has 4 fully saturated rings. The topological polar surface area (TPSA) is 52.6 Å². The van der Waals surface area contributed by atoms with Crippen LogP contribution in [0.15, 0.2) is 72.8 Å². The summed E-state index contributed by atoms with van der Waals surface area (Å²) in [5.74, 6) is 2.12. The minimum absolute atomic E-state index is 0.000247. The molecule has 0 unspecified atom stereocenters. The molecule has 5 aliphatic rings. The summed E-state index contributed by atoms with van der Waals surface area (Å²) in [6.07, 6.45) is 12.5. The van der Waals surface area contributed by atoms with Crippen LogP contribution in [-0.4, -0.2) is 17.5 Å². The summed E-state index contributed by atoms with van der Waals surface area (Å²) in [5, 5.41) is 0. The highest BCUT2D eigenvalue weighted by molar-refractivity contribution is 5.90. The van der Waals surface area contributed by atoms with Gasteiger partial charge in [0, 0.05) is 0 Å². The molecule has 5 aliphatic carbocycles. The van der Waals surface area contributed by atoms with Crippen molar-refractivity contribution in [3.8, 4) is 0 Å². The van der Waals surface area contributed by atoms with Crippen LogP contribution < -0.4 is 0 Å². The van der Waals surface area contributed by atoms with E-state index in [1.807, 2.05) is 51.1 Å². The number of allylic oxidation sites excluding steroid dienone is 3. The van der Waals surface area contributed by atoms with Gasteiger partial charge in [0.05, 0.1) is 11.0 Å². The first-order valence-corrected chi connectivity index (χ1v) is 20.3. The fourth-order valence-electron chi connectivity index (χ4n) is 13.6. The van der Waals surface area contributed by atoms with Crippen LogP contribution in [0.25, 0.3) is 5.57 Å². The Bertz CT molecular complexity index is 1740. The van der Waals surface area contributed by atoms with Gasteiger partial charge >= 0.3 is 11.9 Å². The molecular weight excluding hydrogens is 641 g/mol. The van der Waals surface area contributed by atoms with Gasteiger partial charge in [-0.05, 0) is 166 Å². The number of benzene rings is 2. The minimum atomic E-state index is -0.516. The lowest BCUT2D eigenvalue weighted by Gasteiger charge is -2.72. The maximum Gasteiger partial charge on any atom is 0.338 e. The number of carbonyl (C=O) groups is 2. The number of rotatable bonds is 6. The molecule has 4 saturated carbocycles. The SMILES string of the molecule is C=C(C)[C@@H]1CC[C@]2(C(=O)OCc3ccccc3)CC[C@]3(C)[C@H](CC[C@@H]4[C@@]5(C)CC=C(c6ccc(C(=O)OC(C)(C)C)cc6)C(C)(C)[C@@H]5CC[C@]43C)[C@@H]12. The van der Waals surface area contributed by atoms with E-state index in [0.29, 0.717) is 41.8 Å². The average molecular weight is 705 g/mol. The molecule has 2 aromatic carbocycles. The lowest BCUT2D eigenvalue weighted by molar-refractivity contribution is -0.229. The van der Waals surface area contributed by atoms with Gasteiger partial charge in [0.15, 0.2) is 0 Å². The van der Waals surface area contributed by atoms with E-state index in [-0.39, 0.29) is 33.6 Å². The molecule has 7 rings (SSSR count). The first kappa shape index (κ1) is 37.2. The molecule has 0 aromatic heterocycles. The van der Waals surface area contributed by atoms with Crippen molar-refractivity contribution in [3.05, 3.63) is 89.5 Å². The van der Waals surface area contributed by atoms with Crippen molar-refractivity contribution in [1.29, 1.82) is 0 Å². The largest absolute Gasteiger partial charge is 0.460 e. The third-order valence-electron chi connectivity index (χ3n) is 16.1. The molecule has 4 nitrogen and oxygen atoms in total. The Hall–Kier alpha value is -3.14. The van der Waals surface area contributed by atoms with Crippen molar-refractivity contribution < 1.29 is 19.1 Å². The van der Waals surface area contributed by atoms with Gasteiger partial charge in [0.25, 0.3) is 0 Å². The van der Waals surface area contributed by atoms with E-state index in [1.54, 1.807) is 0 Å². The molecule has 0 aliphatic heterocycles. The molecule has 2 aromatic rings. The predicted molar refractivity (Wildman–Crippen MR) is 210 cm³/mol. The molecule has 280 valence electrons. The molecule has 0 radical (unpaired) electrons. The van der Waals surface area contributed by atoms with E-state index >= 15 is 0 Å². The Morgan fingerprint density at radius 2 is 1.50 bits per heavy atom. The van der Waals surface area contributed by atoms with Crippen molar-refractivity contribution in [1.82, 2.24) is 0 Å².